The fraction of sp³-hybridized carbons (Fsp3) is 0.696. The summed E-state index contributed by atoms with van der Waals surface area (Å²) < 4.78 is 24.4. The third-order valence-corrected chi connectivity index (χ3v) is 5.76. The molecule has 3 heterocycles. The standard InChI is InChI=1S/C23H34N4O7/c1-4-6-8-10-16(29)33-19-15(12-28)32-23(20(19)34-17(30)11-9-7-5-2)27-14-26-18-21(27)24-13-25-22(18)31-3/h13-15,19-20,23,28H,4-12H2,1-3H3/t15-,19-,20+,23-/m1/s1. The van der Waals surface area contributed by atoms with E-state index in [1.165, 1.54) is 19.8 Å². The lowest BCUT2D eigenvalue weighted by Gasteiger charge is -2.24. The zero-order valence-corrected chi connectivity index (χ0v) is 20.0. The maximum Gasteiger partial charge on any atom is 0.306 e. The van der Waals surface area contributed by atoms with E-state index in [0.717, 1.165) is 25.7 Å². The number of carbonyl (C=O) groups is 2. The molecule has 0 saturated carbocycles. The smallest absolute Gasteiger partial charge is 0.306 e. The van der Waals surface area contributed by atoms with E-state index in [9.17, 15) is 14.7 Å². The highest BCUT2D eigenvalue weighted by Crippen LogP contribution is 2.36. The summed E-state index contributed by atoms with van der Waals surface area (Å²) in [6.45, 7) is 3.68. The van der Waals surface area contributed by atoms with Gasteiger partial charge in [0.05, 0.1) is 20.0 Å². The average Bonchev–Trinajstić information content (AvgIpc) is 3.40. The van der Waals surface area contributed by atoms with E-state index in [1.54, 1.807) is 4.57 Å². The van der Waals surface area contributed by atoms with Gasteiger partial charge >= 0.3 is 11.9 Å². The van der Waals surface area contributed by atoms with Crippen LogP contribution in [0.4, 0.5) is 0 Å². The van der Waals surface area contributed by atoms with Crippen molar-refractivity contribution in [3.05, 3.63) is 12.7 Å². The first kappa shape index (κ1) is 25.8. The molecule has 11 heteroatoms. The Morgan fingerprint density at radius 3 is 2.24 bits per heavy atom. The summed E-state index contributed by atoms with van der Waals surface area (Å²) in [6, 6.07) is 0. The lowest BCUT2D eigenvalue weighted by atomic mass is 10.1. The maximum atomic E-state index is 12.6. The number of hydrogen-bond acceptors (Lipinski definition) is 10. The fourth-order valence-electron chi connectivity index (χ4n) is 3.97. The van der Waals surface area contributed by atoms with Crippen molar-refractivity contribution in [1.29, 1.82) is 0 Å². The average molecular weight is 479 g/mol. The number of fused-ring (bicyclic) bond motifs is 1. The highest BCUT2D eigenvalue weighted by atomic mass is 16.6. The molecule has 0 radical (unpaired) electrons. The van der Waals surface area contributed by atoms with Gasteiger partial charge < -0.3 is 24.1 Å². The minimum Gasteiger partial charge on any atom is -0.479 e. The Morgan fingerprint density at radius 1 is 1.00 bits per heavy atom. The number of aliphatic hydroxyl groups excluding tert-OH is 1. The Bertz CT molecular complexity index is 951. The number of nitrogens with zero attached hydrogens (tertiary/aromatic N) is 4. The number of rotatable bonds is 13. The molecular weight excluding hydrogens is 444 g/mol. The topological polar surface area (TPSA) is 135 Å². The molecule has 1 aliphatic rings. The van der Waals surface area contributed by atoms with Crippen molar-refractivity contribution in [2.24, 2.45) is 0 Å². The van der Waals surface area contributed by atoms with E-state index < -0.39 is 43.1 Å². The lowest BCUT2D eigenvalue weighted by molar-refractivity contribution is -0.168. The Morgan fingerprint density at radius 2 is 1.65 bits per heavy atom. The highest BCUT2D eigenvalue weighted by molar-refractivity contribution is 5.76. The second-order valence-electron chi connectivity index (χ2n) is 8.28. The summed E-state index contributed by atoms with van der Waals surface area (Å²) in [7, 11) is 1.48. The summed E-state index contributed by atoms with van der Waals surface area (Å²) in [5.74, 6) is -0.561. The van der Waals surface area contributed by atoms with Gasteiger partial charge in [-0.05, 0) is 12.8 Å². The Balaban J connectivity index is 1.89. The lowest BCUT2D eigenvalue weighted by Crippen LogP contribution is -2.40. The molecule has 1 fully saturated rings. The van der Waals surface area contributed by atoms with Gasteiger partial charge in [-0.2, -0.15) is 4.98 Å². The van der Waals surface area contributed by atoms with Crippen molar-refractivity contribution in [2.75, 3.05) is 13.7 Å². The molecule has 34 heavy (non-hydrogen) atoms. The van der Waals surface area contributed by atoms with E-state index >= 15 is 0 Å². The zero-order valence-electron chi connectivity index (χ0n) is 20.0. The van der Waals surface area contributed by atoms with Crippen LogP contribution in [0.25, 0.3) is 11.2 Å². The molecule has 0 bridgehead atoms. The predicted octanol–water partition coefficient (Wildman–Crippen LogP) is 2.71. The van der Waals surface area contributed by atoms with Gasteiger partial charge in [0.25, 0.3) is 0 Å². The number of carbonyl (C=O) groups excluding carboxylic acids is 2. The van der Waals surface area contributed by atoms with Crippen LogP contribution in [-0.2, 0) is 23.8 Å². The molecule has 1 saturated heterocycles. The number of imidazole rings is 1. The maximum absolute atomic E-state index is 12.6. The normalized spacial score (nSPS) is 22.1. The Labute approximate surface area is 198 Å². The van der Waals surface area contributed by atoms with Crippen molar-refractivity contribution in [1.82, 2.24) is 19.5 Å². The molecule has 0 aliphatic carbocycles. The minimum atomic E-state index is -0.986. The Kier molecular flexibility index (Phi) is 9.58. The van der Waals surface area contributed by atoms with Crippen LogP contribution in [0.3, 0.4) is 0 Å². The molecule has 0 spiro atoms. The van der Waals surface area contributed by atoms with Crippen LogP contribution in [-0.4, -0.2) is 68.6 Å². The minimum absolute atomic E-state index is 0.235. The molecular formula is C23H34N4O7. The fourth-order valence-corrected chi connectivity index (χ4v) is 3.97. The number of unbranched alkanes of at least 4 members (excludes halogenated alkanes) is 4. The third-order valence-electron chi connectivity index (χ3n) is 5.76. The zero-order chi connectivity index (χ0) is 24.5. The van der Waals surface area contributed by atoms with Crippen molar-refractivity contribution >= 4 is 23.1 Å². The predicted molar refractivity (Wildman–Crippen MR) is 121 cm³/mol. The molecule has 1 aliphatic heterocycles. The molecule has 188 valence electrons. The Hall–Kier alpha value is -2.79. The van der Waals surface area contributed by atoms with E-state index in [0.29, 0.717) is 24.0 Å². The number of methoxy groups -OCH3 is 1. The molecule has 1 N–H and O–H groups in total. The van der Waals surface area contributed by atoms with Crippen molar-refractivity contribution in [2.45, 2.75) is 89.8 Å². The molecule has 3 rings (SSSR count). The molecule has 2 aromatic heterocycles. The van der Waals surface area contributed by atoms with Gasteiger partial charge in [-0.3, -0.25) is 14.2 Å². The van der Waals surface area contributed by atoms with Gasteiger partial charge in [0.1, 0.15) is 12.4 Å². The van der Waals surface area contributed by atoms with Gasteiger partial charge in [-0.1, -0.05) is 39.5 Å². The third kappa shape index (κ3) is 6.01. The van der Waals surface area contributed by atoms with Crippen molar-refractivity contribution in [3.63, 3.8) is 0 Å². The van der Waals surface area contributed by atoms with Gasteiger partial charge in [-0.15, -0.1) is 0 Å². The van der Waals surface area contributed by atoms with Crippen molar-refractivity contribution < 1.29 is 33.6 Å². The number of hydrogen-bond donors (Lipinski definition) is 1. The number of aromatic nitrogens is 4. The molecule has 0 aromatic carbocycles. The molecule has 0 unspecified atom stereocenters. The van der Waals surface area contributed by atoms with Crippen molar-refractivity contribution in [3.8, 4) is 5.88 Å². The number of esters is 2. The van der Waals surface area contributed by atoms with Gasteiger partial charge in [0.2, 0.25) is 5.88 Å². The van der Waals surface area contributed by atoms with E-state index in [1.807, 2.05) is 13.8 Å². The van der Waals surface area contributed by atoms with Crippen LogP contribution in [0.2, 0.25) is 0 Å². The van der Waals surface area contributed by atoms with Crippen LogP contribution in [0, 0.1) is 0 Å². The highest BCUT2D eigenvalue weighted by Gasteiger charge is 2.50. The van der Waals surface area contributed by atoms with E-state index in [4.69, 9.17) is 18.9 Å². The quantitative estimate of drug-likeness (QED) is 0.338. The van der Waals surface area contributed by atoms with Crippen LogP contribution >= 0.6 is 0 Å². The van der Waals surface area contributed by atoms with E-state index in [-0.39, 0.29) is 18.7 Å². The summed E-state index contributed by atoms with van der Waals surface area (Å²) in [6.07, 6.45) is 4.66. The van der Waals surface area contributed by atoms with E-state index in [2.05, 4.69) is 15.0 Å². The van der Waals surface area contributed by atoms with Crippen LogP contribution in [0.1, 0.15) is 71.4 Å². The van der Waals surface area contributed by atoms with Gasteiger partial charge in [0.15, 0.2) is 29.6 Å². The van der Waals surface area contributed by atoms with Crippen LogP contribution in [0.5, 0.6) is 5.88 Å². The first-order valence-electron chi connectivity index (χ1n) is 11.9. The number of ether oxygens (including phenoxy) is 4. The van der Waals surface area contributed by atoms with Crippen LogP contribution < -0.4 is 4.74 Å². The molecule has 0 amide bonds. The van der Waals surface area contributed by atoms with Crippen LogP contribution in [0.15, 0.2) is 12.7 Å². The second kappa shape index (κ2) is 12.6. The second-order valence-corrected chi connectivity index (χ2v) is 8.28. The first-order valence-corrected chi connectivity index (χ1v) is 11.9. The number of aliphatic hydroxyl groups is 1. The SMILES string of the molecule is CCCCCC(=O)O[C@H]1[C@H](OC(=O)CCCCC)[C@@H](CO)O[C@H]1n1cnc2c(OC)ncnc21. The largest absolute Gasteiger partial charge is 0.479 e. The monoisotopic (exact) mass is 478 g/mol. The van der Waals surface area contributed by atoms with Gasteiger partial charge in [-0.25, -0.2) is 9.97 Å². The van der Waals surface area contributed by atoms with Gasteiger partial charge in [0, 0.05) is 12.8 Å². The summed E-state index contributed by atoms with van der Waals surface area (Å²) in [4.78, 5) is 37.8. The molecule has 11 nitrogen and oxygen atoms in total. The summed E-state index contributed by atoms with van der Waals surface area (Å²) in [5, 5.41) is 9.97. The summed E-state index contributed by atoms with van der Waals surface area (Å²) in [5.41, 5.74) is 0.803. The molecule has 4 atom stereocenters. The molecule has 2 aromatic rings. The summed E-state index contributed by atoms with van der Waals surface area (Å²) >= 11 is 0. The first-order chi connectivity index (χ1) is 16.5.